The molecule has 2 aliphatic heterocycles. The van der Waals surface area contributed by atoms with E-state index in [-0.39, 0.29) is 36.6 Å². The number of nitrogens with zero attached hydrogens (tertiary/aromatic N) is 2. The van der Waals surface area contributed by atoms with Crippen LogP contribution in [0.15, 0.2) is 82.6 Å². The number of hydrogen-bond acceptors (Lipinski definition) is 6. The summed E-state index contributed by atoms with van der Waals surface area (Å²) in [5, 5.41) is 0. The van der Waals surface area contributed by atoms with Crippen LogP contribution in [0.1, 0.15) is 16.7 Å². The average Bonchev–Trinajstić information content (AvgIpc) is 3.30. The first-order valence-electron chi connectivity index (χ1n) is 10.6. The number of alkyl halides is 3. The lowest BCUT2D eigenvalue weighted by molar-refractivity contribution is -0.137. The van der Waals surface area contributed by atoms with Gasteiger partial charge in [-0.1, -0.05) is 65.9 Å². The van der Waals surface area contributed by atoms with Crippen LogP contribution in [0.2, 0.25) is 0 Å². The normalized spacial score (nSPS) is 18.1. The summed E-state index contributed by atoms with van der Waals surface area (Å²) in [6, 6.07) is 16.1. The summed E-state index contributed by atoms with van der Waals surface area (Å²) < 4.78 is 67.3. The molecule has 0 saturated carbocycles. The predicted octanol–water partition coefficient (Wildman–Crippen LogP) is 5.53. The van der Waals surface area contributed by atoms with Crippen LogP contribution in [-0.2, 0) is 25.8 Å². The van der Waals surface area contributed by atoms with Gasteiger partial charge in [-0.15, -0.1) is 0 Å². The fourth-order valence-electron chi connectivity index (χ4n) is 4.03. The molecule has 37 heavy (non-hydrogen) atoms. The van der Waals surface area contributed by atoms with Crippen molar-refractivity contribution in [2.45, 2.75) is 18.0 Å². The van der Waals surface area contributed by atoms with E-state index < -0.39 is 33.6 Å². The number of sulfonamides is 1. The van der Waals surface area contributed by atoms with Crippen molar-refractivity contribution < 1.29 is 31.2 Å². The average molecular weight is 561 g/mol. The summed E-state index contributed by atoms with van der Waals surface area (Å²) in [5.74, 6) is -1.77. The van der Waals surface area contributed by atoms with E-state index in [9.17, 15) is 31.2 Å². The monoisotopic (exact) mass is 560 g/mol. The summed E-state index contributed by atoms with van der Waals surface area (Å²) >= 11 is 6.02. The number of fused-ring (bicyclic) bond motifs is 1. The number of amides is 2. The first-order chi connectivity index (χ1) is 17.4. The van der Waals surface area contributed by atoms with Gasteiger partial charge in [0.15, 0.2) is 4.32 Å². The van der Waals surface area contributed by atoms with Gasteiger partial charge >= 0.3 is 6.18 Å². The number of hydrogen-bond donors (Lipinski definition) is 0. The second-order valence-corrected chi connectivity index (χ2v) is 11.6. The molecule has 0 unspecified atom stereocenters. The van der Waals surface area contributed by atoms with Crippen LogP contribution in [0.5, 0.6) is 0 Å². The van der Waals surface area contributed by atoms with Crippen molar-refractivity contribution in [3.63, 3.8) is 0 Å². The van der Waals surface area contributed by atoms with Gasteiger partial charge in [0.2, 0.25) is 0 Å². The van der Waals surface area contributed by atoms with Gasteiger partial charge in [0.25, 0.3) is 21.8 Å². The minimum Gasteiger partial charge on any atom is -0.268 e. The van der Waals surface area contributed by atoms with E-state index in [1.165, 1.54) is 30.3 Å². The van der Waals surface area contributed by atoms with Crippen molar-refractivity contribution in [1.82, 2.24) is 0 Å². The van der Waals surface area contributed by atoms with Crippen LogP contribution in [0, 0.1) is 6.92 Å². The van der Waals surface area contributed by atoms with Crippen LogP contribution >= 0.6 is 24.0 Å². The zero-order chi connectivity index (χ0) is 26.7. The molecule has 0 aliphatic carbocycles. The van der Waals surface area contributed by atoms with Gasteiger partial charge in [-0.25, -0.2) is 8.42 Å². The Balaban J connectivity index is 1.62. The van der Waals surface area contributed by atoms with E-state index in [0.29, 0.717) is 4.31 Å². The summed E-state index contributed by atoms with van der Waals surface area (Å²) in [6.45, 7) is 1.79. The van der Waals surface area contributed by atoms with Gasteiger partial charge < -0.3 is 0 Å². The van der Waals surface area contributed by atoms with Crippen molar-refractivity contribution >= 4 is 67.1 Å². The Labute approximate surface area is 219 Å². The zero-order valence-electron chi connectivity index (χ0n) is 18.8. The Kier molecular flexibility index (Phi) is 6.00. The minimum atomic E-state index is -4.64. The zero-order valence-corrected chi connectivity index (χ0v) is 21.3. The van der Waals surface area contributed by atoms with Gasteiger partial charge in [0, 0.05) is 5.56 Å². The molecule has 1 fully saturated rings. The topological polar surface area (TPSA) is 74.8 Å². The Morgan fingerprint density at radius 2 is 1.57 bits per heavy atom. The molecule has 0 spiro atoms. The molecule has 2 heterocycles. The number of anilines is 2. The molecule has 6 nitrogen and oxygen atoms in total. The number of carbonyl (C=O) groups is 2. The summed E-state index contributed by atoms with van der Waals surface area (Å²) in [6.07, 6.45) is -4.64. The molecule has 1 saturated heterocycles. The van der Waals surface area contributed by atoms with Crippen molar-refractivity contribution in [2.24, 2.45) is 0 Å². The summed E-state index contributed by atoms with van der Waals surface area (Å²) in [4.78, 5) is 27.7. The molecular formula is C25H15F3N2O4S3. The number of halogens is 3. The number of thioether (sulfide) groups is 1. The maximum atomic E-state index is 13.6. The SMILES string of the molecule is Cc1ccc(S(=O)(=O)N2C(=O)C(=C3SC(=S)N(c4cccc(C(F)(F)F)c4)C3=O)c3ccccc32)cc1. The highest BCUT2D eigenvalue weighted by atomic mass is 32.2. The highest BCUT2D eigenvalue weighted by molar-refractivity contribution is 8.27. The number of carbonyl (C=O) groups excluding carboxylic acids is 2. The second kappa shape index (κ2) is 8.82. The Morgan fingerprint density at radius 3 is 2.24 bits per heavy atom. The molecule has 2 aliphatic rings. The van der Waals surface area contributed by atoms with Crippen LogP contribution < -0.4 is 9.21 Å². The molecular weight excluding hydrogens is 545 g/mol. The van der Waals surface area contributed by atoms with E-state index in [0.717, 1.165) is 40.4 Å². The molecule has 0 radical (unpaired) electrons. The second-order valence-electron chi connectivity index (χ2n) is 8.17. The van der Waals surface area contributed by atoms with E-state index in [2.05, 4.69) is 0 Å². The van der Waals surface area contributed by atoms with Crippen LogP contribution in [0.4, 0.5) is 24.5 Å². The molecule has 3 aromatic rings. The van der Waals surface area contributed by atoms with Gasteiger partial charge in [-0.3, -0.25) is 14.5 Å². The van der Waals surface area contributed by atoms with E-state index >= 15 is 0 Å². The van der Waals surface area contributed by atoms with Crippen molar-refractivity contribution in [3.05, 3.63) is 94.4 Å². The van der Waals surface area contributed by atoms with Crippen LogP contribution in [0.25, 0.3) is 5.57 Å². The highest BCUT2D eigenvalue weighted by Gasteiger charge is 2.46. The minimum absolute atomic E-state index is 0.0624. The fourth-order valence-corrected chi connectivity index (χ4v) is 6.81. The largest absolute Gasteiger partial charge is 0.416 e. The van der Waals surface area contributed by atoms with Gasteiger partial charge in [0.05, 0.1) is 32.3 Å². The number of para-hydroxylation sites is 1. The van der Waals surface area contributed by atoms with E-state index in [1.807, 2.05) is 0 Å². The molecule has 0 bridgehead atoms. The lowest BCUT2D eigenvalue weighted by Gasteiger charge is -2.17. The lowest BCUT2D eigenvalue weighted by Crippen LogP contribution is -2.34. The number of thiocarbonyl (C=S) groups is 1. The standard InChI is InChI=1S/C25H15F3N2O4S3/c1-14-9-11-17(12-10-14)37(33,34)30-19-8-3-2-7-18(19)20(22(30)31)21-23(32)29(24(35)36-21)16-6-4-5-15(13-16)25(26,27)28/h2-13H,1H3. The first kappa shape index (κ1) is 25.2. The third kappa shape index (κ3) is 4.14. The lowest BCUT2D eigenvalue weighted by atomic mass is 10.1. The molecule has 12 heteroatoms. The molecule has 3 aromatic carbocycles. The van der Waals surface area contributed by atoms with Crippen molar-refractivity contribution in [1.29, 1.82) is 0 Å². The van der Waals surface area contributed by atoms with Crippen molar-refractivity contribution in [3.8, 4) is 0 Å². The highest BCUT2D eigenvalue weighted by Crippen LogP contribution is 2.47. The van der Waals surface area contributed by atoms with Crippen molar-refractivity contribution in [2.75, 3.05) is 9.21 Å². The third-order valence-electron chi connectivity index (χ3n) is 5.78. The van der Waals surface area contributed by atoms with Gasteiger partial charge in [-0.2, -0.15) is 17.5 Å². The quantitative estimate of drug-likeness (QED) is 0.310. The maximum absolute atomic E-state index is 13.6. The maximum Gasteiger partial charge on any atom is 0.416 e. The van der Waals surface area contributed by atoms with E-state index in [4.69, 9.17) is 12.2 Å². The number of aryl methyl sites for hydroxylation is 1. The number of rotatable bonds is 3. The van der Waals surface area contributed by atoms with E-state index in [1.54, 1.807) is 31.2 Å². The predicted molar refractivity (Wildman–Crippen MR) is 138 cm³/mol. The smallest absolute Gasteiger partial charge is 0.268 e. The van der Waals surface area contributed by atoms with Gasteiger partial charge in [-0.05, 0) is 43.3 Å². The third-order valence-corrected chi connectivity index (χ3v) is 8.86. The molecule has 0 N–H and O–H groups in total. The number of benzene rings is 3. The van der Waals surface area contributed by atoms with Crippen LogP contribution in [-0.4, -0.2) is 24.6 Å². The van der Waals surface area contributed by atoms with Crippen LogP contribution in [0.3, 0.4) is 0 Å². The fraction of sp³-hybridized carbons (Fsp3) is 0.0800. The summed E-state index contributed by atoms with van der Waals surface area (Å²) in [5.41, 5.74) is -0.176. The Bertz CT molecular complexity index is 1630. The molecule has 0 atom stereocenters. The summed E-state index contributed by atoms with van der Waals surface area (Å²) in [7, 11) is -4.34. The molecule has 0 aromatic heterocycles. The first-order valence-corrected chi connectivity index (χ1v) is 13.3. The Morgan fingerprint density at radius 1 is 0.892 bits per heavy atom. The molecule has 5 rings (SSSR count). The van der Waals surface area contributed by atoms with Gasteiger partial charge in [0.1, 0.15) is 0 Å². The molecule has 188 valence electrons. The molecule has 2 amide bonds. The Hall–Kier alpha value is -3.48.